The van der Waals surface area contributed by atoms with Crippen molar-refractivity contribution in [1.82, 2.24) is 5.32 Å². The first-order valence-electron chi connectivity index (χ1n) is 10.7. The van der Waals surface area contributed by atoms with E-state index in [0.717, 1.165) is 16.3 Å². The fourth-order valence-electron chi connectivity index (χ4n) is 4.28. The van der Waals surface area contributed by atoms with E-state index in [2.05, 4.69) is 5.32 Å². The van der Waals surface area contributed by atoms with Gasteiger partial charge in [-0.2, -0.15) is 0 Å². The maximum atomic E-state index is 11.9. The summed E-state index contributed by atoms with van der Waals surface area (Å²) >= 11 is 0. The molecule has 3 aromatic carbocycles. The predicted molar refractivity (Wildman–Crippen MR) is 117 cm³/mol. The Bertz CT molecular complexity index is 1080. The summed E-state index contributed by atoms with van der Waals surface area (Å²) in [6.07, 6.45) is -3.81. The lowest BCUT2D eigenvalue weighted by Gasteiger charge is -2.47. The standard InChI is InChI=1S/C25H25NO6/c1-15(27)26-21-22(28)23-20(14-29-24(32-23)17-9-3-2-4-10-17)31-25(21)30-19-13-7-11-16-8-5-6-12-18(16)19/h2-13,20-25,28H,14H2,1H3,(H,26,27)/t20-,21+,22-,23-,24+,25-/m1/s1. The molecule has 0 aliphatic carbocycles. The monoisotopic (exact) mass is 435 g/mol. The summed E-state index contributed by atoms with van der Waals surface area (Å²) < 4.78 is 24.3. The van der Waals surface area contributed by atoms with Crippen LogP contribution in [0, 0.1) is 0 Å². The van der Waals surface area contributed by atoms with Crippen molar-refractivity contribution in [3.05, 3.63) is 78.4 Å². The van der Waals surface area contributed by atoms with Gasteiger partial charge in [0.1, 0.15) is 30.1 Å². The van der Waals surface area contributed by atoms with Gasteiger partial charge in [-0.15, -0.1) is 0 Å². The first kappa shape index (κ1) is 20.9. The van der Waals surface area contributed by atoms with Crippen LogP contribution in [-0.4, -0.2) is 48.3 Å². The van der Waals surface area contributed by atoms with E-state index < -0.39 is 36.9 Å². The first-order valence-corrected chi connectivity index (χ1v) is 10.7. The van der Waals surface area contributed by atoms with Gasteiger partial charge in [-0.05, 0) is 11.5 Å². The van der Waals surface area contributed by atoms with Gasteiger partial charge in [-0.1, -0.05) is 66.7 Å². The number of amides is 1. The second kappa shape index (κ2) is 8.88. The van der Waals surface area contributed by atoms with Crippen molar-refractivity contribution in [2.75, 3.05) is 6.61 Å². The summed E-state index contributed by atoms with van der Waals surface area (Å²) in [6.45, 7) is 1.62. The van der Waals surface area contributed by atoms with Gasteiger partial charge in [0.15, 0.2) is 6.29 Å². The smallest absolute Gasteiger partial charge is 0.223 e. The quantitative estimate of drug-likeness (QED) is 0.656. The highest BCUT2D eigenvalue weighted by molar-refractivity contribution is 5.88. The van der Waals surface area contributed by atoms with Crippen molar-refractivity contribution in [2.45, 2.75) is 43.9 Å². The van der Waals surface area contributed by atoms with Crippen LogP contribution in [0.2, 0.25) is 0 Å². The number of aliphatic hydroxyl groups excluding tert-OH is 1. The maximum Gasteiger partial charge on any atom is 0.223 e. The van der Waals surface area contributed by atoms with Gasteiger partial charge in [0.25, 0.3) is 0 Å². The third-order valence-corrected chi connectivity index (χ3v) is 5.80. The Balaban J connectivity index is 1.40. The molecule has 0 saturated carbocycles. The fourth-order valence-corrected chi connectivity index (χ4v) is 4.28. The van der Waals surface area contributed by atoms with E-state index in [4.69, 9.17) is 18.9 Å². The lowest BCUT2D eigenvalue weighted by atomic mass is 9.95. The average Bonchev–Trinajstić information content (AvgIpc) is 2.82. The summed E-state index contributed by atoms with van der Waals surface area (Å²) in [7, 11) is 0. The molecule has 0 radical (unpaired) electrons. The minimum absolute atomic E-state index is 0.226. The number of carbonyl (C=O) groups excluding carboxylic acids is 1. The number of rotatable bonds is 4. The van der Waals surface area contributed by atoms with Crippen LogP contribution in [0.5, 0.6) is 5.75 Å². The molecule has 2 fully saturated rings. The Morgan fingerprint density at radius 2 is 1.75 bits per heavy atom. The molecule has 7 nitrogen and oxygen atoms in total. The molecule has 3 aromatic rings. The number of carbonyl (C=O) groups is 1. The molecule has 2 heterocycles. The zero-order chi connectivity index (χ0) is 22.1. The molecule has 0 bridgehead atoms. The predicted octanol–water partition coefficient (Wildman–Crippen LogP) is 2.92. The number of fused-ring (bicyclic) bond motifs is 2. The second-order valence-electron chi connectivity index (χ2n) is 8.03. The zero-order valence-corrected chi connectivity index (χ0v) is 17.6. The number of ether oxygens (including phenoxy) is 4. The Morgan fingerprint density at radius 1 is 1.00 bits per heavy atom. The molecule has 2 aliphatic heterocycles. The topological polar surface area (TPSA) is 86.3 Å². The molecule has 0 aromatic heterocycles. The zero-order valence-electron chi connectivity index (χ0n) is 17.6. The average molecular weight is 435 g/mol. The molecular formula is C25H25NO6. The Labute approximate surface area is 185 Å². The Hall–Kier alpha value is -2.97. The molecule has 2 saturated heterocycles. The van der Waals surface area contributed by atoms with Crippen molar-refractivity contribution < 1.29 is 28.8 Å². The van der Waals surface area contributed by atoms with Gasteiger partial charge in [-0.3, -0.25) is 4.79 Å². The minimum atomic E-state index is -1.05. The van der Waals surface area contributed by atoms with Gasteiger partial charge in [0, 0.05) is 17.9 Å². The number of hydrogen-bond donors (Lipinski definition) is 2. The molecule has 2 N–H and O–H groups in total. The lowest BCUT2D eigenvalue weighted by molar-refractivity contribution is -0.333. The molecule has 5 rings (SSSR count). The highest BCUT2D eigenvalue weighted by Crippen LogP contribution is 2.36. The fraction of sp³-hybridized carbons (Fsp3) is 0.320. The van der Waals surface area contributed by atoms with E-state index in [1.807, 2.05) is 72.8 Å². The number of benzene rings is 3. The summed E-state index contributed by atoms with van der Waals surface area (Å²) in [4.78, 5) is 11.9. The molecule has 166 valence electrons. The minimum Gasteiger partial charge on any atom is -0.462 e. The third-order valence-electron chi connectivity index (χ3n) is 5.80. The largest absolute Gasteiger partial charge is 0.462 e. The molecule has 6 atom stereocenters. The van der Waals surface area contributed by atoms with Gasteiger partial charge in [0.2, 0.25) is 12.2 Å². The van der Waals surface area contributed by atoms with Crippen LogP contribution in [0.4, 0.5) is 0 Å². The van der Waals surface area contributed by atoms with E-state index >= 15 is 0 Å². The summed E-state index contributed by atoms with van der Waals surface area (Å²) in [5.41, 5.74) is 0.850. The lowest BCUT2D eigenvalue weighted by Crippen LogP contribution is -2.67. The first-order chi connectivity index (χ1) is 15.6. The van der Waals surface area contributed by atoms with E-state index in [1.165, 1.54) is 6.92 Å². The highest BCUT2D eigenvalue weighted by atomic mass is 16.7. The number of nitrogens with one attached hydrogen (secondary N) is 1. The SMILES string of the molecule is CC(=O)N[C@@H]1[C@H](Oc2cccc3ccccc23)O[C@@H]2CO[C@H](c3ccccc3)O[C@H]2[C@@H]1O. The molecule has 2 aliphatic rings. The molecule has 0 spiro atoms. The van der Waals surface area contributed by atoms with Crippen LogP contribution in [0.1, 0.15) is 18.8 Å². The van der Waals surface area contributed by atoms with Crippen molar-refractivity contribution in [3.63, 3.8) is 0 Å². The van der Waals surface area contributed by atoms with E-state index in [1.54, 1.807) is 0 Å². The normalized spacial score (nSPS) is 29.8. The molecule has 1 amide bonds. The van der Waals surface area contributed by atoms with Crippen molar-refractivity contribution in [2.24, 2.45) is 0 Å². The number of hydrogen-bond acceptors (Lipinski definition) is 6. The molecular weight excluding hydrogens is 410 g/mol. The summed E-state index contributed by atoms with van der Waals surface area (Å²) in [5.74, 6) is 0.309. The molecule has 32 heavy (non-hydrogen) atoms. The maximum absolute atomic E-state index is 11.9. The highest BCUT2D eigenvalue weighted by Gasteiger charge is 2.50. The third kappa shape index (κ3) is 4.08. The summed E-state index contributed by atoms with van der Waals surface area (Å²) in [5, 5.41) is 15.9. The van der Waals surface area contributed by atoms with Gasteiger partial charge < -0.3 is 29.4 Å². The second-order valence-corrected chi connectivity index (χ2v) is 8.03. The molecule has 0 unspecified atom stereocenters. The van der Waals surface area contributed by atoms with E-state index in [9.17, 15) is 9.90 Å². The van der Waals surface area contributed by atoms with Gasteiger partial charge >= 0.3 is 0 Å². The number of aliphatic hydroxyl groups is 1. The van der Waals surface area contributed by atoms with Crippen molar-refractivity contribution >= 4 is 16.7 Å². The Morgan fingerprint density at radius 3 is 2.56 bits per heavy atom. The van der Waals surface area contributed by atoms with Crippen LogP contribution < -0.4 is 10.1 Å². The van der Waals surface area contributed by atoms with Crippen LogP contribution in [0.25, 0.3) is 10.8 Å². The Kier molecular flexibility index (Phi) is 5.80. The van der Waals surface area contributed by atoms with Crippen molar-refractivity contribution in [3.8, 4) is 5.75 Å². The van der Waals surface area contributed by atoms with Crippen LogP contribution in [0.15, 0.2) is 72.8 Å². The molecule has 7 heteroatoms. The van der Waals surface area contributed by atoms with Gasteiger partial charge in [0.05, 0.1) is 6.61 Å². The van der Waals surface area contributed by atoms with Crippen molar-refractivity contribution in [1.29, 1.82) is 0 Å². The van der Waals surface area contributed by atoms with Gasteiger partial charge in [-0.25, -0.2) is 0 Å². The summed E-state index contributed by atoms with van der Waals surface area (Å²) in [6, 6.07) is 22.3. The van der Waals surface area contributed by atoms with E-state index in [0.29, 0.717) is 5.75 Å². The van der Waals surface area contributed by atoms with Crippen LogP contribution >= 0.6 is 0 Å². The van der Waals surface area contributed by atoms with Crippen LogP contribution in [0.3, 0.4) is 0 Å². The van der Waals surface area contributed by atoms with E-state index in [-0.39, 0.29) is 12.5 Å². The van der Waals surface area contributed by atoms with Crippen LogP contribution in [-0.2, 0) is 19.0 Å².